The molecule has 1 rings (SSSR count). The lowest BCUT2D eigenvalue weighted by Gasteiger charge is -2.13. The predicted octanol–water partition coefficient (Wildman–Crippen LogP) is 11.3. The van der Waals surface area contributed by atoms with Gasteiger partial charge in [0, 0.05) is 0 Å². The molecule has 0 amide bonds. The SMILES string of the molecule is CCCCCCCCCCCCCCC(CC(C)=CC=CC=C(C)C=Cc1c(C)cc(OC)c(C)c1C)C(=O)O. The molecule has 0 fully saturated rings. The van der Waals surface area contributed by atoms with Crippen LogP contribution in [0, 0.1) is 26.7 Å². The Morgan fingerprint density at radius 3 is 1.95 bits per heavy atom. The summed E-state index contributed by atoms with van der Waals surface area (Å²) in [6, 6.07) is 2.09. The molecule has 1 aromatic rings. The molecular weight excluding hydrogens is 492 g/mol. The second kappa shape index (κ2) is 21.2. The number of carboxylic acids is 1. The molecule has 0 spiro atoms. The van der Waals surface area contributed by atoms with E-state index in [1.54, 1.807) is 7.11 Å². The van der Waals surface area contributed by atoms with Gasteiger partial charge < -0.3 is 9.84 Å². The Kier molecular flexibility index (Phi) is 18.8. The molecule has 1 aromatic carbocycles. The number of unbranched alkanes of at least 4 members (excludes halogenated alkanes) is 11. The van der Waals surface area contributed by atoms with Crippen LogP contribution in [0.5, 0.6) is 5.75 Å². The highest BCUT2D eigenvalue weighted by Crippen LogP contribution is 2.28. The van der Waals surface area contributed by atoms with Gasteiger partial charge in [-0.05, 0) is 75.8 Å². The molecule has 3 nitrogen and oxygen atoms in total. The smallest absolute Gasteiger partial charge is 0.306 e. The van der Waals surface area contributed by atoms with Crippen molar-refractivity contribution in [2.24, 2.45) is 5.92 Å². The molecule has 0 bridgehead atoms. The monoisotopic (exact) mass is 550 g/mol. The topological polar surface area (TPSA) is 46.5 Å². The van der Waals surface area contributed by atoms with Gasteiger partial charge in [-0.1, -0.05) is 132 Å². The summed E-state index contributed by atoms with van der Waals surface area (Å²) in [5.74, 6) is -0.0174. The molecule has 0 heterocycles. The Labute approximate surface area is 246 Å². The zero-order valence-corrected chi connectivity index (χ0v) is 26.8. The third kappa shape index (κ3) is 14.7. The summed E-state index contributed by atoms with van der Waals surface area (Å²) in [6.07, 6.45) is 29.5. The normalized spacial score (nSPS) is 13.5. The van der Waals surface area contributed by atoms with Crippen LogP contribution in [0.25, 0.3) is 6.08 Å². The van der Waals surface area contributed by atoms with Crippen LogP contribution >= 0.6 is 0 Å². The number of rotatable bonds is 21. The lowest BCUT2D eigenvalue weighted by Crippen LogP contribution is -2.14. The van der Waals surface area contributed by atoms with Crippen molar-refractivity contribution in [2.45, 2.75) is 131 Å². The standard InChI is InChI=1S/C37H58O3/c1-8-9-10-11-12-13-14-15-16-17-18-19-24-34(37(38)39)27-30(3)23-21-20-22-29(2)25-26-35-31(4)28-36(40-7)33(6)32(35)5/h20-23,25-26,28,34H,8-19,24,27H2,1-7H3,(H,38,39). The molecule has 0 aliphatic carbocycles. The van der Waals surface area contributed by atoms with Crippen LogP contribution < -0.4 is 4.74 Å². The average molecular weight is 551 g/mol. The first-order valence-electron chi connectivity index (χ1n) is 15.8. The molecule has 0 aliphatic heterocycles. The van der Waals surface area contributed by atoms with Crippen LogP contribution in [0.4, 0.5) is 0 Å². The summed E-state index contributed by atoms with van der Waals surface area (Å²) >= 11 is 0. The quantitative estimate of drug-likeness (QED) is 0.122. The van der Waals surface area contributed by atoms with Crippen LogP contribution in [0.1, 0.15) is 133 Å². The summed E-state index contributed by atoms with van der Waals surface area (Å²) < 4.78 is 5.48. The van der Waals surface area contributed by atoms with Crippen molar-refractivity contribution in [3.8, 4) is 5.75 Å². The number of benzene rings is 1. The van der Waals surface area contributed by atoms with Crippen LogP contribution in [0.3, 0.4) is 0 Å². The number of hydrogen-bond acceptors (Lipinski definition) is 2. The summed E-state index contributed by atoms with van der Waals surface area (Å²) in [5.41, 5.74) is 7.13. The Hall–Kier alpha value is -2.55. The molecule has 224 valence electrons. The first-order chi connectivity index (χ1) is 19.2. The van der Waals surface area contributed by atoms with E-state index >= 15 is 0 Å². The summed E-state index contributed by atoms with van der Waals surface area (Å²) in [5, 5.41) is 9.71. The number of hydrogen-bond donors (Lipinski definition) is 1. The first kappa shape index (κ1) is 35.5. The highest BCUT2D eigenvalue weighted by molar-refractivity contribution is 5.70. The number of aryl methyl sites for hydroxylation is 1. The Morgan fingerprint density at radius 1 is 0.850 bits per heavy atom. The fourth-order valence-corrected chi connectivity index (χ4v) is 5.23. The molecule has 3 heteroatoms. The van der Waals surface area contributed by atoms with Crippen molar-refractivity contribution in [3.05, 3.63) is 69.8 Å². The predicted molar refractivity (Wildman–Crippen MR) is 174 cm³/mol. The number of carboxylic acid groups (broad SMARTS) is 1. The number of ether oxygens (including phenoxy) is 1. The minimum absolute atomic E-state index is 0.285. The van der Waals surface area contributed by atoms with E-state index in [9.17, 15) is 9.90 Å². The van der Waals surface area contributed by atoms with E-state index in [1.807, 2.05) is 25.2 Å². The molecule has 0 radical (unpaired) electrons. The van der Waals surface area contributed by atoms with Gasteiger partial charge in [0.15, 0.2) is 0 Å². The minimum Gasteiger partial charge on any atom is -0.496 e. The number of allylic oxidation sites excluding steroid dienone is 7. The molecule has 1 N–H and O–H groups in total. The molecule has 0 aromatic heterocycles. The van der Waals surface area contributed by atoms with Crippen LogP contribution in [-0.4, -0.2) is 18.2 Å². The molecule has 40 heavy (non-hydrogen) atoms. The Bertz CT molecular complexity index is 993. The van der Waals surface area contributed by atoms with E-state index in [0.717, 1.165) is 36.2 Å². The van der Waals surface area contributed by atoms with Gasteiger partial charge in [-0.3, -0.25) is 4.79 Å². The van der Waals surface area contributed by atoms with Gasteiger partial charge in [0.05, 0.1) is 13.0 Å². The largest absolute Gasteiger partial charge is 0.496 e. The third-order valence-electron chi connectivity index (χ3n) is 8.02. The van der Waals surface area contributed by atoms with Gasteiger partial charge in [-0.25, -0.2) is 0 Å². The van der Waals surface area contributed by atoms with Crippen molar-refractivity contribution in [3.63, 3.8) is 0 Å². The Morgan fingerprint density at radius 2 is 1.40 bits per heavy atom. The van der Waals surface area contributed by atoms with Crippen LogP contribution in [0.15, 0.2) is 47.6 Å². The molecule has 0 saturated carbocycles. The van der Waals surface area contributed by atoms with Crippen molar-refractivity contribution >= 4 is 12.0 Å². The minimum atomic E-state index is -0.667. The molecule has 1 atom stereocenters. The number of methoxy groups -OCH3 is 1. The van der Waals surface area contributed by atoms with E-state index < -0.39 is 5.97 Å². The van der Waals surface area contributed by atoms with Gasteiger partial charge in [-0.15, -0.1) is 0 Å². The van der Waals surface area contributed by atoms with Gasteiger partial charge >= 0.3 is 5.97 Å². The van der Waals surface area contributed by atoms with Gasteiger partial charge in [-0.2, -0.15) is 0 Å². The van der Waals surface area contributed by atoms with Crippen molar-refractivity contribution in [1.82, 2.24) is 0 Å². The zero-order chi connectivity index (χ0) is 29.8. The number of aliphatic carboxylic acids is 1. The molecular formula is C37H58O3. The molecule has 1 unspecified atom stereocenters. The summed E-state index contributed by atoms with van der Waals surface area (Å²) in [6.45, 7) is 12.7. The van der Waals surface area contributed by atoms with E-state index in [2.05, 4.69) is 58.9 Å². The van der Waals surface area contributed by atoms with E-state index in [4.69, 9.17) is 4.74 Å². The maximum absolute atomic E-state index is 11.8. The van der Waals surface area contributed by atoms with Gasteiger partial charge in [0.2, 0.25) is 0 Å². The van der Waals surface area contributed by atoms with Crippen LogP contribution in [0.2, 0.25) is 0 Å². The van der Waals surface area contributed by atoms with Crippen molar-refractivity contribution < 1.29 is 14.6 Å². The fraction of sp³-hybridized carbons (Fsp3) is 0.595. The maximum Gasteiger partial charge on any atom is 0.306 e. The molecule has 0 saturated heterocycles. The van der Waals surface area contributed by atoms with Gasteiger partial charge in [0.1, 0.15) is 5.75 Å². The summed E-state index contributed by atoms with van der Waals surface area (Å²) in [4.78, 5) is 11.8. The van der Waals surface area contributed by atoms with Crippen LogP contribution in [-0.2, 0) is 4.79 Å². The second-order valence-electron chi connectivity index (χ2n) is 11.6. The second-order valence-corrected chi connectivity index (χ2v) is 11.6. The number of carbonyl (C=O) groups is 1. The van der Waals surface area contributed by atoms with E-state index in [0.29, 0.717) is 6.42 Å². The third-order valence-corrected chi connectivity index (χ3v) is 8.02. The lowest BCUT2D eigenvalue weighted by atomic mass is 9.93. The lowest BCUT2D eigenvalue weighted by molar-refractivity contribution is -0.142. The van der Waals surface area contributed by atoms with Crippen molar-refractivity contribution in [2.75, 3.05) is 7.11 Å². The molecule has 0 aliphatic rings. The summed E-state index contributed by atoms with van der Waals surface area (Å²) in [7, 11) is 1.72. The first-order valence-corrected chi connectivity index (χ1v) is 15.8. The Balaban J connectivity index is 2.42. The average Bonchev–Trinajstić information content (AvgIpc) is 2.92. The highest BCUT2D eigenvalue weighted by atomic mass is 16.5. The van der Waals surface area contributed by atoms with Gasteiger partial charge in [0.25, 0.3) is 0 Å². The van der Waals surface area contributed by atoms with Crippen molar-refractivity contribution in [1.29, 1.82) is 0 Å². The highest BCUT2D eigenvalue weighted by Gasteiger charge is 2.17. The maximum atomic E-state index is 11.8. The zero-order valence-electron chi connectivity index (χ0n) is 26.8. The fourth-order valence-electron chi connectivity index (χ4n) is 5.23. The van der Waals surface area contributed by atoms with E-state index in [-0.39, 0.29) is 5.92 Å². The van der Waals surface area contributed by atoms with E-state index in [1.165, 1.54) is 86.5 Å².